The molecule has 0 unspecified atom stereocenters. The van der Waals surface area contributed by atoms with Crippen LogP contribution in [0.2, 0.25) is 0 Å². The van der Waals surface area contributed by atoms with Crippen LogP contribution in [0.3, 0.4) is 0 Å². The molecular formula is C24H19N3O2. The van der Waals surface area contributed by atoms with Gasteiger partial charge in [0, 0.05) is 24.7 Å². The SMILES string of the molecule is O=C(c1ccc(-c2ccccc2)cc1)N1CCc2nc3ccccn3c(=O)c2C1. The van der Waals surface area contributed by atoms with Gasteiger partial charge in [-0.2, -0.15) is 0 Å². The van der Waals surface area contributed by atoms with Crippen molar-refractivity contribution in [2.24, 2.45) is 0 Å². The van der Waals surface area contributed by atoms with Gasteiger partial charge in [0.2, 0.25) is 0 Å². The minimum atomic E-state index is -0.0949. The Hall–Kier alpha value is -3.73. The van der Waals surface area contributed by atoms with Crippen LogP contribution in [0.15, 0.2) is 83.8 Å². The Kier molecular flexibility index (Phi) is 4.21. The van der Waals surface area contributed by atoms with Gasteiger partial charge in [-0.3, -0.25) is 14.0 Å². The molecule has 5 rings (SSSR count). The van der Waals surface area contributed by atoms with Crippen molar-refractivity contribution < 1.29 is 4.79 Å². The van der Waals surface area contributed by atoms with E-state index in [9.17, 15) is 9.59 Å². The van der Waals surface area contributed by atoms with E-state index in [-0.39, 0.29) is 18.0 Å². The predicted octanol–water partition coefficient (Wildman–Crippen LogP) is 3.56. The molecule has 2 aromatic heterocycles. The highest BCUT2D eigenvalue weighted by Gasteiger charge is 2.25. The van der Waals surface area contributed by atoms with Gasteiger partial charge in [0.1, 0.15) is 5.65 Å². The standard InChI is InChI=1S/C24H19N3O2/c28-23(19-11-9-18(10-12-19)17-6-2-1-3-7-17)26-15-13-21-20(16-26)24(29)27-14-5-4-8-22(27)25-21/h1-12,14H,13,15-16H2. The van der Waals surface area contributed by atoms with E-state index in [2.05, 4.69) is 4.98 Å². The number of fused-ring (bicyclic) bond motifs is 2. The van der Waals surface area contributed by atoms with Gasteiger partial charge in [0.15, 0.2) is 0 Å². The molecule has 4 aromatic rings. The molecule has 0 fully saturated rings. The Morgan fingerprint density at radius 1 is 0.862 bits per heavy atom. The molecule has 0 radical (unpaired) electrons. The van der Waals surface area contributed by atoms with Gasteiger partial charge >= 0.3 is 0 Å². The third-order valence-corrected chi connectivity index (χ3v) is 5.41. The summed E-state index contributed by atoms with van der Waals surface area (Å²) in [6, 6.07) is 23.2. The predicted molar refractivity (Wildman–Crippen MR) is 112 cm³/mol. The molecule has 29 heavy (non-hydrogen) atoms. The van der Waals surface area contributed by atoms with Gasteiger partial charge in [-0.05, 0) is 35.4 Å². The topological polar surface area (TPSA) is 54.7 Å². The lowest BCUT2D eigenvalue weighted by Gasteiger charge is -2.28. The number of carbonyl (C=O) groups excluding carboxylic acids is 1. The van der Waals surface area contributed by atoms with Crippen molar-refractivity contribution in [3.8, 4) is 11.1 Å². The Balaban J connectivity index is 1.42. The zero-order valence-electron chi connectivity index (χ0n) is 15.8. The molecule has 0 N–H and O–H groups in total. The van der Waals surface area contributed by atoms with Crippen LogP contribution in [0.5, 0.6) is 0 Å². The summed E-state index contributed by atoms with van der Waals surface area (Å²) in [6.07, 6.45) is 2.30. The van der Waals surface area contributed by atoms with E-state index < -0.39 is 0 Å². The maximum absolute atomic E-state index is 13.0. The second-order valence-corrected chi connectivity index (χ2v) is 7.19. The van der Waals surface area contributed by atoms with Crippen LogP contribution in [0.4, 0.5) is 0 Å². The van der Waals surface area contributed by atoms with Crippen LogP contribution >= 0.6 is 0 Å². The van der Waals surface area contributed by atoms with Crippen LogP contribution in [0.25, 0.3) is 16.8 Å². The second-order valence-electron chi connectivity index (χ2n) is 7.19. The lowest BCUT2D eigenvalue weighted by molar-refractivity contribution is 0.0732. The molecule has 142 valence electrons. The minimum Gasteiger partial charge on any atom is -0.334 e. The minimum absolute atomic E-state index is 0.0622. The zero-order chi connectivity index (χ0) is 19.8. The van der Waals surface area contributed by atoms with Crippen LogP contribution < -0.4 is 5.56 Å². The first kappa shape index (κ1) is 17.4. The molecule has 3 heterocycles. The molecule has 1 aliphatic rings. The number of amides is 1. The number of hydrogen-bond donors (Lipinski definition) is 0. The molecule has 1 aliphatic heterocycles. The molecule has 0 spiro atoms. The fourth-order valence-electron chi connectivity index (χ4n) is 3.84. The molecule has 1 amide bonds. The summed E-state index contributed by atoms with van der Waals surface area (Å²) in [5.74, 6) is -0.0622. The molecule has 0 aliphatic carbocycles. The lowest BCUT2D eigenvalue weighted by Crippen LogP contribution is -2.40. The fraction of sp³-hybridized carbons (Fsp3) is 0.125. The quantitative estimate of drug-likeness (QED) is 0.534. The van der Waals surface area contributed by atoms with Gasteiger partial charge in [-0.25, -0.2) is 4.98 Å². The third-order valence-electron chi connectivity index (χ3n) is 5.41. The monoisotopic (exact) mass is 381 g/mol. The summed E-state index contributed by atoms with van der Waals surface area (Å²) in [5, 5.41) is 0. The summed E-state index contributed by atoms with van der Waals surface area (Å²) in [6.45, 7) is 0.847. The van der Waals surface area contributed by atoms with Crippen molar-refractivity contribution in [3.05, 3.63) is 106 Å². The highest BCUT2D eigenvalue weighted by molar-refractivity contribution is 5.94. The average molecular weight is 381 g/mol. The maximum Gasteiger partial charge on any atom is 0.263 e. The smallest absolute Gasteiger partial charge is 0.263 e. The third kappa shape index (κ3) is 3.10. The van der Waals surface area contributed by atoms with Gasteiger partial charge in [-0.15, -0.1) is 0 Å². The number of hydrogen-bond acceptors (Lipinski definition) is 3. The highest BCUT2D eigenvalue weighted by Crippen LogP contribution is 2.21. The van der Waals surface area contributed by atoms with E-state index in [1.165, 1.54) is 0 Å². The van der Waals surface area contributed by atoms with Crippen molar-refractivity contribution in [1.82, 2.24) is 14.3 Å². The number of rotatable bonds is 2. The molecule has 5 heteroatoms. The first-order valence-corrected chi connectivity index (χ1v) is 9.64. The van der Waals surface area contributed by atoms with Crippen molar-refractivity contribution >= 4 is 11.6 Å². The molecule has 0 saturated heterocycles. The van der Waals surface area contributed by atoms with Crippen molar-refractivity contribution in [3.63, 3.8) is 0 Å². The molecule has 0 saturated carbocycles. The summed E-state index contributed by atoms with van der Waals surface area (Å²) in [5.41, 5.74) is 4.76. The zero-order valence-corrected chi connectivity index (χ0v) is 15.8. The van der Waals surface area contributed by atoms with E-state index in [4.69, 9.17) is 0 Å². The Bertz CT molecular complexity index is 1260. The van der Waals surface area contributed by atoms with Gasteiger partial charge < -0.3 is 4.90 Å². The second kappa shape index (κ2) is 7.02. The number of pyridine rings is 1. The molecule has 0 bridgehead atoms. The van der Waals surface area contributed by atoms with Gasteiger partial charge in [-0.1, -0.05) is 48.5 Å². The number of benzene rings is 2. The fourth-order valence-corrected chi connectivity index (χ4v) is 3.84. The van der Waals surface area contributed by atoms with Crippen LogP contribution in [-0.4, -0.2) is 26.7 Å². The largest absolute Gasteiger partial charge is 0.334 e. The Morgan fingerprint density at radius 3 is 2.38 bits per heavy atom. The van der Waals surface area contributed by atoms with E-state index in [1.807, 2.05) is 72.8 Å². The van der Waals surface area contributed by atoms with E-state index in [0.717, 1.165) is 16.8 Å². The first-order valence-electron chi connectivity index (χ1n) is 9.64. The average Bonchev–Trinajstić information content (AvgIpc) is 2.79. The number of nitrogens with zero attached hydrogens (tertiary/aromatic N) is 3. The first-order chi connectivity index (χ1) is 14.2. The molecular weight excluding hydrogens is 362 g/mol. The molecule has 2 aromatic carbocycles. The van der Waals surface area contributed by atoms with E-state index >= 15 is 0 Å². The van der Waals surface area contributed by atoms with E-state index in [0.29, 0.717) is 29.7 Å². The number of aromatic nitrogens is 2. The number of carbonyl (C=O) groups is 1. The summed E-state index contributed by atoms with van der Waals surface area (Å²) >= 11 is 0. The van der Waals surface area contributed by atoms with E-state index in [1.54, 1.807) is 15.5 Å². The maximum atomic E-state index is 13.0. The summed E-state index contributed by atoms with van der Waals surface area (Å²) < 4.78 is 1.54. The van der Waals surface area contributed by atoms with Gasteiger partial charge in [0.05, 0.1) is 17.8 Å². The lowest BCUT2D eigenvalue weighted by atomic mass is 10.0. The van der Waals surface area contributed by atoms with Crippen molar-refractivity contribution in [2.45, 2.75) is 13.0 Å². The normalized spacial score (nSPS) is 13.3. The van der Waals surface area contributed by atoms with Gasteiger partial charge in [0.25, 0.3) is 11.5 Å². The highest BCUT2D eigenvalue weighted by atomic mass is 16.2. The summed E-state index contributed by atoms with van der Waals surface area (Å²) in [4.78, 5) is 32.2. The van der Waals surface area contributed by atoms with Crippen LogP contribution in [0, 0.1) is 0 Å². The van der Waals surface area contributed by atoms with Crippen molar-refractivity contribution in [1.29, 1.82) is 0 Å². The Labute approximate surface area is 167 Å². The van der Waals surface area contributed by atoms with Crippen LogP contribution in [-0.2, 0) is 13.0 Å². The van der Waals surface area contributed by atoms with Crippen LogP contribution in [0.1, 0.15) is 21.6 Å². The molecule has 0 atom stereocenters. The van der Waals surface area contributed by atoms with Crippen molar-refractivity contribution in [2.75, 3.05) is 6.54 Å². The molecule has 5 nitrogen and oxygen atoms in total. The summed E-state index contributed by atoms with van der Waals surface area (Å²) in [7, 11) is 0. The Morgan fingerprint density at radius 2 is 1.59 bits per heavy atom.